The van der Waals surface area contributed by atoms with Crippen LogP contribution in [0.3, 0.4) is 0 Å². The molecule has 36 heavy (non-hydrogen) atoms. The minimum absolute atomic E-state index is 0.188. The third-order valence-corrected chi connectivity index (χ3v) is 6.12. The first-order chi connectivity index (χ1) is 17.4. The second-order valence-electron chi connectivity index (χ2n) is 7.68. The highest BCUT2D eigenvalue weighted by Gasteiger charge is 2.36. The minimum atomic E-state index is -0.820. The first-order valence-corrected chi connectivity index (χ1v) is 11.9. The van der Waals surface area contributed by atoms with Crippen LogP contribution in [0.1, 0.15) is 18.1 Å². The van der Waals surface area contributed by atoms with Gasteiger partial charge in [0.25, 0.3) is 11.8 Å². The van der Waals surface area contributed by atoms with Gasteiger partial charge >= 0.3 is 6.03 Å². The number of barbiturate groups is 1. The number of amides is 4. The van der Waals surface area contributed by atoms with Crippen molar-refractivity contribution in [1.82, 2.24) is 5.32 Å². The number of hydrogen-bond acceptors (Lipinski definition) is 6. The molecule has 0 aliphatic carbocycles. The molecule has 9 heteroatoms. The topological polar surface area (TPSA) is 94.2 Å². The van der Waals surface area contributed by atoms with E-state index in [1.807, 2.05) is 31.2 Å². The number of urea groups is 1. The summed E-state index contributed by atoms with van der Waals surface area (Å²) < 4.78 is 17.7. The zero-order valence-corrected chi connectivity index (χ0v) is 21.2. The van der Waals surface area contributed by atoms with Crippen LogP contribution in [-0.4, -0.2) is 31.6 Å². The average molecular weight is 551 g/mol. The van der Waals surface area contributed by atoms with Crippen LogP contribution < -0.4 is 24.4 Å². The van der Waals surface area contributed by atoms with Gasteiger partial charge in [-0.25, -0.2) is 9.69 Å². The Balaban J connectivity index is 1.58. The Labute approximate surface area is 216 Å². The molecule has 0 aromatic heterocycles. The van der Waals surface area contributed by atoms with Crippen LogP contribution in [0.2, 0.25) is 0 Å². The lowest BCUT2D eigenvalue weighted by atomic mass is 10.1. The lowest BCUT2D eigenvalue weighted by Crippen LogP contribution is -2.54. The van der Waals surface area contributed by atoms with Gasteiger partial charge in [0.2, 0.25) is 0 Å². The van der Waals surface area contributed by atoms with E-state index in [-0.39, 0.29) is 5.57 Å². The summed E-state index contributed by atoms with van der Waals surface area (Å²) in [6.07, 6.45) is 1.41. The number of ether oxygens (including phenoxy) is 3. The zero-order valence-electron chi connectivity index (χ0n) is 19.6. The van der Waals surface area contributed by atoms with Gasteiger partial charge in [-0.05, 0) is 61.0 Å². The van der Waals surface area contributed by atoms with E-state index in [1.165, 1.54) is 13.2 Å². The molecule has 0 spiro atoms. The number of methoxy groups -OCH3 is 1. The van der Waals surface area contributed by atoms with Crippen LogP contribution in [0, 0.1) is 0 Å². The molecule has 0 unspecified atom stereocenters. The second-order valence-corrected chi connectivity index (χ2v) is 8.53. The third kappa shape index (κ3) is 5.41. The molecule has 4 amide bonds. The fourth-order valence-electron chi connectivity index (χ4n) is 3.58. The Hall–Kier alpha value is -4.11. The number of hydrogen-bond donors (Lipinski definition) is 1. The number of imide groups is 2. The molecule has 1 N–H and O–H groups in total. The largest absolute Gasteiger partial charge is 0.494 e. The van der Waals surface area contributed by atoms with Crippen molar-refractivity contribution in [3.05, 3.63) is 87.9 Å². The van der Waals surface area contributed by atoms with Crippen molar-refractivity contribution in [1.29, 1.82) is 0 Å². The first kappa shape index (κ1) is 25.0. The molecule has 3 aromatic rings. The molecule has 0 atom stereocenters. The van der Waals surface area contributed by atoms with Gasteiger partial charge < -0.3 is 14.2 Å². The van der Waals surface area contributed by atoms with Gasteiger partial charge in [0.05, 0.1) is 19.4 Å². The Kier molecular flexibility index (Phi) is 7.70. The normalized spacial score (nSPS) is 14.6. The fourth-order valence-corrected chi connectivity index (χ4v) is 3.98. The molecule has 4 rings (SSSR count). The maximum absolute atomic E-state index is 13.2. The number of benzene rings is 3. The minimum Gasteiger partial charge on any atom is -0.494 e. The molecular weight excluding hydrogens is 528 g/mol. The van der Waals surface area contributed by atoms with E-state index in [0.29, 0.717) is 41.7 Å². The highest BCUT2D eigenvalue weighted by atomic mass is 79.9. The second kappa shape index (κ2) is 11.1. The SMILES string of the molecule is CCOc1ccc(N2C(=O)NC(=O)/C(=C\c3ccc(OCc4ccccc4Br)c(OC)c3)C2=O)cc1. The number of anilines is 1. The van der Waals surface area contributed by atoms with E-state index < -0.39 is 17.8 Å². The maximum Gasteiger partial charge on any atom is 0.335 e. The Morgan fingerprint density at radius 3 is 2.39 bits per heavy atom. The maximum atomic E-state index is 13.2. The third-order valence-electron chi connectivity index (χ3n) is 5.35. The van der Waals surface area contributed by atoms with Gasteiger partial charge in [-0.3, -0.25) is 14.9 Å². The molecule has 1 aliphatic rings. The van der Waals surface area contributed by atoms with Gasteiger partial charge in [0.1, 0.15) is 17.9 Å². The van der Waals surface area contributed by atoms with E-state index in [0.717, 1.165) is 14.9 Å². The van der Waals surface area contributed by atoms with Crippen LogP contribution in [-0.2, 0) is 16.2 Å². The highest BCUT2D eigenvalue weighted by molar-refractivity contribution is 9.10. The van der Waals surface area contributed by atoms with Crippen molar-refractivity contribution in [2.45, 2.75) is 13.5 Å². The van der Waals surface area contributed by atoms with E-state index in [1.54, 1.807) is 42.5 Å². The summed E-state index contributed by atoms with van der Waals surface area (Å²) in [6, 6.07) is 18.4. The molecule has 8 nitrogen and oxygen atoms in total. The van der Waals surface area contributed by atoms with Crippen LogP contribution in [0.5, 0.6) is 17.2 Å². The monoisotopic (exact) mass is 550 g/mol. The van der Waals surface area contributed by atoms with Crippen molar-refractivity contribution in [3.8, 4) is 17.2 Å². The molecule has 1 aliphatic heterocycles. The number of carbonyl (C=O) groups excluding carboxylic acids is 3. The van der Waals surface area contributed by atoms with Crippen molar-refractivity contribution in [3.63, 3.8) is 0 Å². The van der Waals surface area contributed by atoms with Crippen molar-refractivity contribution >= 4 is 45.5 Å². The Morgan fingerprint density at radius 1 is 0.944 bits per heavy atom. The van der Waals surface area contributed by atoms with Crippen molar-refractivity contribution < 1.29 is 28.6 Å². The first-order valence-electron chi connectivity index (χ1n) is 11.1. The van der Waals surface area contributed by atoms with Gasteiger partial charge in [0.15, 0.2) is 11.5 Å². The quantitative estimate of drug-likeness (QED) is 0.309. The molecule has 3 aromatic carbocycles. The molecule has 1 heterocycles. The van der Waals surface area contributed by atoms with Crippen molar-refractivity contribution in [2.24, 2.45) is 0 Å². The Morgan fingerprint density at radius 2 is 1.69 bits per heavy atom. The summed E-state index contributed by atoms with van der Waals surface area (Å²) in [5.41, 5.74) is 1.62. The molecule has 1 saturated heterocycles. The van der Waals surface area contributed by atoms with E-state index in [4.69, 9.17) is 14.2 Å². The number of nitrogens with one attached hydrogen (secondary N) is 1. The molecule has 184 valence electrons. The summed E-state index contributed by atoms with van der Waals surface area (Å²) in [4.78, 5) is 39.0. The molecular formula is C27H23BrN2O6. The molecule has 0 saturated carbocycles. The average Bonchev–Trinajstić information content (AvgIpc) is 2.87. The van der Waals surface area contributed by atoms with Crippen LogP contribution >= 0.6 is 15.9 Å². The summed E-state index contributed by atoms with van der Waals surface area (Å²) >= 11 is 3.50. The Bertz CT molecular complexity index is 1340. The summed E-state index contributed by atoms with van der Waals surface area (Å²) in [7, 11) is 1.50. The van der Waals surface area contributed by atoms with Gasteiger partial charge in [-0.2, -0.15) is 0 Å². The van der Waals surface area contributed by atoms with E-state index in [9.17, 15) is 14.4 Å². The smallest absolute Gasteiger partial charge is 0.335 e. The van der Waals surface area contributed by atoms with Gasteiger partial charge in [0, 0.05) is 10.0 Å². The van der Waals surface area contributed by atoms with E-state index >= 15 is 0 Å². The fraction of sp³-hybridized carbons (Fsp3) is 0.148. The molecule has 0 bridgehead atoms. The lowest BCUT2D eigenvalue weighted by Gasteiger charge is -2.26. The van der Waals surface area contributed by atoms with Gasteiger partial charge in [-0.1, -0.05) is 40.2 Å². The highest BCUT2D eigenvalue weighted by Crippen LogP contribution is 2.31. The predicted octanol–water partition coefficient (Wildman–Crippen LogP) is 5.10. The number of halogens is 1. The van der Waals surface area contributed by atoms with Gasteiger partial charge in [-0.15, -0.1) is 0 Å². The van der Waals surface area contributed by atoms with Crippen molar-refractivity contribution in [2.75, 3.05) is 18.6 Å². The van der Waals surface area contributed by atoms with Crippen LogP contribution in [0.4, 0.5) is 10.5 Å². The lowest BCUT2D eigenvalue weighted by molar-refractivity contribution is -0.122. The number of nitrogens with zero attached hydrogens (tertiary/aromatic N) is 1. The van der Waals surface area contributed by atoms with E-state index in [2.05, 4.69) is 21.2 Å². The van der Waals surface area contributed by atoms with Crippen LogP contribution in [0.25, 0.3) is 6.08 Å². The number of carbonyl (C=O) groups is 3. The van der Waals surface area contributed by atoms with Crippen LogP contribution in [0.15, 0.2) is 76.8 Å². The zero-order chi connectivity index (χ0) is 25.7. The molecule has 0 radical (unpaired) electrons. The standard InChI is InChI=1S/C27H23BrN2O6/c1-3-35-20-11-9-19(10-12-20)30-26(32)21(25(31)29-27(30)33)14-17-8-13-23(24(15-17)34-2)36-16-18-6-4-5-7-22(18)28/h4-15H,3,16H2,1-2H3,(H,29,31,33)/b21-14+. The summed E-state index contributed by atoms with van der Waals surface area (Å²) in [5, 5.41) is 2.22. The molecule has 1 fully saturated rings. The summed E-state index contributed by atoms with van der Waals surface area (Å²) in [5.74, 6) is 0.0223. The predicted molar refractivity (Wildman–Crippen MR) is 138 cm³/mol. The summed E-state index contributed by atoms with van der Waals surface area (Å²) in [6.45, 7) is 2.66. The number of rotatable bonds is 8.